The summed E-state index contributed by atoms with van der Waals surface area (Å²) in [6.45, 7) is 6.86. The molecule has 0 saturated carbocycles. The van der Waals surface area contributed by atoms with Crippen molar-refractivity contribution in [2.24, 2.45) is 17.6 Å². The normalized spacial score (nSPS) is 13.5. The second kappa shape index (κ2) is 9.28. The fourth-order valence-electron chi connectivity index (χ4n) is 1.88. The Labute approximate surface area is 116 Å². The molecule has 0 aromatic carbocycles. The lowest BCUT2D eigenvalue weighted by Crippen LogP contribution is -2.35. The van der Waals surface area contributed by atoms with E-state index >= 15 is 0 Å². The molecule has 1 amide bonds. The first kappa shape index (κ1) is 18.3. The predicted octanol–water partition coefficient (Wildman–Crippen LogP) is 0.0530. The van der Waals surface area contributed by atoms with Gasteiger partial charge in [-0.15, -0.1) is 0 Å². The maximum atomic E-state index is 11.7. The molecule has 0 spiro atoms. The molecule has 0 radical (unpaired) electrons. The molecule has 0 unspecified atom stereocenters. The molecule has 0 aromatic rings. The van der Waals surface area contributed by atoms with E-state index in [1.54, 1.807) is 6.92 Å². The number of rotatable bonds is 10. The average Bonchev–Trinajstić information content (AvgIpc) is 2.26. The topological polar surface area (TPSA) is 101 Å². The number of sulfonamides is 1. The molecule has 1 atom stereocenters. The van der Waals surface area contributed by atoms with Gasteiger partial charge in [0.25, 0.3) is 0 Å². The highest BCUT2D eigenvalue weighted by atomic mass is 32.2. The van der Waals surface area contributed by atoms with Gasteiger partial charge < -0.3 is 11.1 Å². The van der Waals surface area contributed by atoms with Crippen molar-refractivity contribution in [1.29, 1.82) is 0 Å². The van der Waals surface area contributed by atoms with Crippen LogP contribution in [0.5, 0.6) is 0 Å². The largest absolute Gasteiger partial charge is 0.355 e. The van der Waals surface area contributed by atoms with Gasteiger partial charge in [0.15, 0.2) is 0 Å². The summed E-state index contributed by atoms with van der Waals surface area (Å²) in [5.74, 6) is 0.424. The lowest BCUT2D eigenvalue weighted by molar-refractivity contribution is -0.121. The van der Waals surface area contributed by atoms with Gasteiger partial charge in [-0.25, -0.2) is 13.1 Å². The minimum Gasteiger partial charge on any atom is -0.355 e. The third-order valence-corrected chi connectivity index (χ3v) is 4.14. The Morgan fingerprint density at radius 2 is 1.95 bits per heavy atom. The van der Waals surface area contributed by atoms with Crippen LogP contribution in [-0.4, -0.2) is 39.7 Å². The number of amides is 1. The van der Waals surface area contributed by atoms with Crippen molar-refractivity contribution in [1.82, 2.24) is 10.0 Å². The van der Waals surface area contributed by atoms with E-state index in [0.717, 1.165) is 6.42 Å². The molecule has 0 aromatic heterocycles. The van der Waals surface area contributed by atoms with Gasteiger partial charge in [-0.1, -0.05) is 20.8 Å². The van der Waals surface area contributed by atoms with E-state index in [1.165, 1.54) is 0 Å². The predicted molar refractivity (Wildman–Crippen MR) is 77.1 cm³/mol. The zero-order chi connectivity index (χ0) is 14.9. The van der Waals surface area contributed by atoms with E-state index in [2.05, 4.69) is 23.9 Å². The number of carbonyl (C=O) groups excluding carboxylic acids is 1. The van der Waals surface area contributed by atoms with Crippen LogP contribution in [0, 0.1) is 11.8 Å². The molecule has 114 valence electrons. The van der Waals surface area contributed by atoms with E-state index in [9.17, 15) is 13.2 Å². The highest BCUT2D eigenvalue weighted by Gasteiger charge is 2.15. The summed E-state index contributed by atoms with van der Waals surface area (Å²) in [5.41, 5.74) is 5.62. The Morgan fingerprint density at radius 1 is 1.32 bits per heavy atom. The van der Waals surface area contributed by atoms with Crippen molar-refractivity contribution in [3.63, 3.8) is 0 Å². The molecular formula is C12H27N3O3S. The van der Waals surface area contributed by atoms with Gasteiger partial charge >= 0.3 is 0 Å². The lowest BCUT2D eigenvalue weighted by atomic mass is 9.94. The fraction of sp³-hybridized carbons (Fsp3) is 0.917. The van der Waals surface area contributed by atoms with Crippen LogP contribution in [0.2, 0.25) is 0 Å². The molecule has 0 heterocycles. The summed E-state index contributed by atoms with van der Waals surface area (Å²) in [6, 6.07) is 0. The molecule has 0 bridgehead atoms. The first-order valence-electron chi connectivity index (χ1n) is 6.74. The van der Waals surface area contributed by atoms with Crippen molar-refractivity contribution in [2.45, 2.75) is 33.6 Å². The standard InChI is InChI=1S/C12H27N3O3S/c1-4-15-19(17,18)6-5-14-12(16)8-11(9-13)7-10(2)3/h10-11,15H,4-9,13H2,1-3H3,(H,14,16)/t11-/m0/s1. The van der Waals surface area contributed by atoms with Crippen molar-refractivity contribution >= 4 is 15.9 Å². The van der Waals surface area contributed by atoms with Crippen LogP contribution in [0.3, 0.4) is 0 Å². The number of carbonyl (C=O) groups is 1. The molecule has 0 rings (SSSR count). The summed E-state index contributed by atoms with van der Waals surface area (Å²) >= 11 is 0. The quantitative estimate of drug-likeness (QED) is 0.530. The summed E-state index contributed by atoms with van der Waals surface area (Å²) in [6.07, 6.45) is 1.26. The van der Waals surface area contributed by atoms with Gasteiger partial charge in [-0.2, -0.15) is 0 Å². The maximum absolute atomic E-state index is 11.7. The minimum atomic E-state index is -3.27. The minimum absolute atomic E-state index is 0.0932. The Bertz CT molecular complexity index is 355. The van der Waals surface area contributed by atoms with Crippen LogP contribution >= 0.6 is 0 Å². The van der Waals surface area contributed by atoms with Crippen molar-refractivity contribution in [2.75, 3.05) is 25.4 Å². The first-order chi connectivity index (χ1) is 8.80. The van der Waals surface area contributed by atoms with Crippen LogP contribution in [0.4, 0.5) is 0 Å². The second-order valence-corrected chi connectivity index (χ2v) is 7.03. The highest BCUT2D eigenvalue weighted by molar-refractivity contribution is 7.89. The van der Waals surface area contributed by atoms with E-state index in [4.69, 9.17) is 5.73 Å². The maximum Gasteiger partial charge on any atom is 0.220 e. The van der Waals surface area contributed by atoms with Crippen LogP contribution in [-0.2, 0) is 14.8 Å². The molecular weight excluding hydrogens is 266 g/mol. The summed E-state index contributed by atoms with van der Waals surface area (Å²) < 4.78 is 25.1. The molecule has 0 fully saturated rings. The fourth-order valence-corrected chi connectivity index (χ4v) is 2.84. The van der Waals surface area contributed by atoms with E-state index < -0.39 is 10.0 Å². The molecule has 0 aliphatic heterocycles. The molecule has 0 aliphatic rings. The van der Waals surface area contributed by atoms with Crippen LogP contribution in [0.25, 0.3) is 0 Å². The van der Waals surface area contributed by atoms with Crippen LogP contribution in [0.1, 0.15) is 33.6 Å². The van der Waals surface area contributed by atoms with Gasteiger partial charge in [0.1, 0.15) is 0 Å². The van der Waals surface area contributed by atoms with Crippen LogP contribution in [0.15, 0.2) is 0 Å². The Morgan fingerprint density at radius 3 is 2.42 bits per heavy atom. The van der Waals surface area contributed by atoms with Gasteiger partial charge in [0, 0.05) is 19.5 Å². The van der Waals surface area contributed by atoms with Gasteiger partial charge in [0.05, 0.1) is 5.75 Å². The summed E-state index contributed by atoms with van der Waals surface area (Å²) in [5, 5.41) is 2.62. The number of hydrogen-bond acceptors (Lipinski definition) is 4. The molecule has 0 aliphatic carbocycles. The SMILES string of the molecule is CCNS(=O)(=O)CCNC(=O)C[C@@H](CN)CC(C)C. The summed E-state index contributed by atoms with van der Waals surface area (Å²) in [4.78, 5) is 11.7. The zero-order valence-electron chi connectivity index (χ0n) is 12.1. The monoisotopic (exact) mass is 293 g/mol. The Hall–Kier alpha value is -0.660. The smallest absolute Gasteiger partial charge is 0.220 e. The number of hydrogen-bond donors (Lipinski definition) is 3. The number of nitrogens with two attached hydrogens (primary N) is 1. The highest BCUT2D eigenvalue weighted by Crippen LogP contribution is 2.13. The van der Waals surface area contributed by atoms with Crippen molar-refractivity contribution < 1.29 is 13.2 Å². The third kappa shape index (κ3) is 9.86. The first-order valence-corrected chi connectivity index (χ1v) is 8.40. The van der Waals surface area contributed by atoms with Gasteiger partial charge in [-0.3, -0.25) is 4.79 Å². The van der Waals surface area contributed by atoms with Crippen molar-refractivity contribution in [3.05, 3.63) is 0 Å². The Kier molecular flexibility index (Phi) is 8.95. The molecule has 6 nitrogen and oxygen atoms in total. The van der Waals surface area contributed by atoms with Gasteiger partial charge in [-0.05, 0) is 24.8 Å². The molecule has 19 heavy (non-hydrogen) atoms. The molecule has 4 N–H and O–H groups in total. The lowest BCUT2D eigenvalue weighted by Gasteiger charge is -2.16. The van der Waals surface area contributed by atoms with E-state index in [0.29, 0.717) is 25.4 Å². The van der Waals surface area contributed by atoms with Gasteiger partial charge in [0.2, 0.25) is 15.9 Å². The van der Waals surface area contributed by atoms with E-state index in [-0.39, 0.29) is 24.1 Å². The van der Waals surface area contributed by atoms with Crippen LogP contribution < -0.4 is 15.8 Å². The summed E-state index contributed by atoms with van der Waals surface area (Å²) in [7, 11) is -3.27. The molecule has 7 heteroatoms. The van der Waals surface area contributed by atoms with E-state index in [1.807, 2.05) is 0 Å². The second-order valence-electron chi connectivity index (χ2n) is 5.10. The third-order valence-electron chi connectivity index (χ3n) is 2.67. The average molecular weight is 293 g/mol. The zero-order valence-corrected chi connectivity index (χ0v) is 12.9. The Balaban J connectivity index is 3.98. The van der Waals surface area contributed by atoms with Crippen molar-refractivity contribution in [3.8, 4) is 0 Å². The number of nitrogens with one attached hydrogen (secondary N) is 2. The molecule has 0 saturated heterocycles.